The van der Waals surface area contributed by atoms with Crippen molar-refractivity contribution < 1.29 is 14.4 Å². The Balaban J connectivity index is 2.21. The topological polar surface area (TPSA) is 68.4 Å². The van der Waals surface area contributed by atoms with E-state index in [1.165, 1.54) is 0 Å². The van der Waals surface area contributed by atoms with E-state index in [-0.39, 0.29) is 5.75 Å². The van der Waals surface area contributed by atoms with E-state index in [1.807, 2.05) is 13.8 Å². The molecule has 2 aromatic rings. The first-order chi connectivity index (χ1) is 8.20. The molecular formula is C12H14N2O3. The molecule has 0 aliphatic carbocycles. The van der Waals surface area contributed by atoms with Crippen LogP contribution in [0.2, 0.25) is 0 Å². The number of benzene rings is 1. The second-order valence-corrected chi connectivity index (χ2v) is 3.65. The van der Waals surface area contributed by atoms with Crippen molar-refractivity contribution >= 4 is 0 Å². The van der Waals surface area contributed by atoms with Crippen molar-refractivity contribution in [1.29, 1.82) is 0 Å². The van der Waals surface area contributed by atoms with E-state index in [4.69, 9.17) is 9.26 Å². The smallest absolute Gasteiger partial charge is 0.258 e. The summed E-state index contributed by atoms with van der Waals surface area (Å²) in [4.78, 5) is 4.20. The minimum atomic E-state index is 0.253. The van der Waals surface area contributed by atoms with E-state index in [0.717, 1.165) is 11.1 Å². The standard InChI is InChI=1S/C12H14N2O3/c1-3-16-7-11-13-12(17-14-11)9-4-5-10(15)8(2)6-9/h4-6,15H,3,7H2,1-2H3. The monoisotopic (exact) mass is 234 g/mol. The van der Waals surface area contributed by atoms with Gasteiger partial charge < -0.3 is 14.4 Å². The number of aromatic nitrogens is 2. The summed E-state index contributed by atoms with van der Waals surface area (Å²) < 4.78 is 10.3. The molecule has 5 nitrogen and oxygen atoms in total. The minimum absolute atomic E-state index is 0.253. The Labute approximate surface area is 99.0 Å². The van der Waals surface area contributed by atoms with Crippen molar-refractivity contribution in [3.63, 3.8) is 0 Å². The molecule has 0 aliphatic heterocycles. The zero-order valence-corrected chi connectivity index (χ0v) is 9.80. The van der Waals surface area contributed by atoms with Gasteiger partial charge in [-0.3, -0.25) is 0 Å². The molecule has 1 aromatic heterocycles. The first-order valence-corrected chi connectivity index (χ1v) is 5.41. The highest BCUT2D eigenvalue weighted by atomic mass is 16.5. The quantitative estimate of drug-likeness (QED) is 0.878. The van der Waals surface area contributed by atoms with Gasteiger partial charge >= 0.3 is 0 Å². The predicted molar refractivity (Wildman–Crippen MR) is 61.5 cm³/mol. The number of nitrogens with zero attached hydrogens (tertiary/aromatic N) is 2. The van der Waals surface area contributed by atoms with E-state index < -0.39 is 0 Å². The number of phenols is 1. The first kappa shape index (κ1) is 11.6. The third-order valence-electron chi connectivity index (χ3n) is 2.35. The van der Waals surface area contributed by atoms with Crippen LogP contribution >= 0.6 is 0 Å². The van der Waals surface area contributed by atoms with Gasteiger partial charge in [0.1, 0.15) is 12.4 Å². The van der Waals surface area contributed by atoms with Crippen molar-refractivity contribution in [3.05, 3.63) is 29.6 Å². The highest BCUT2D eigenvalue weighted by molar-refractivity contribution is 5.56. The van der Waals surface area contributed by atoms with E-state index in [0.29, 0.717) is 24.9 Å². The maximum absolute atomic E-state index is 9.43. The molecule has 0 unspecified atom stereocenters. The first-order valence-electron chi connectivity index (χ1n) is 5.41. The fourth-order valence-electron chi connectivity index (χ4n) is 1.41. The molecule has 0 atom stereocenters. The molecule has 1 N–H and O–H groups in total. The summed E-state index contributed by atoms with van der Waals surface area (Å²) in [6, 6.07) is 5.14. The second kappa shape index (κ2) is 4.97. The van der Waals surface area contributed by atoms with Crippen molar-refractivity contribution in [2.45, 2.75) is 20.5 Å². The summed E-state index contributed by atoms with van der Waals surface area (Å²) in [6.45, 7) is 4.68. The van der Waals surface area contributed by atoms with Crippen molar-refractivity contribution in [3.8, 4) is 17.2 Å². The zero-order chi connectivity index (χ0) is 12.3. The Hall–Kier alpha value is -1.88. The highest BCUT2D eigenvalue weighted by Gasteiger charge is 2.09. The fourth-order valence-corrected chi connectivity index (χ4v) is 1.41. The predicted octanol–water partition coefficient (Wildman–Crippen LogP) is 2.29. The van der Waals surface area contributed by atoms with Gasteiger partial charge in [0.15, 0.2) is 5.82 Å². The lowest BCUT2D eigenvalue weighted by Crippen LogP contribution is -1.93. The summed E-state index contributed by atoms with van der Waals surface area (Å²) in [7, 11) is 0. The molecule has 0 aliphatic rings. The number of aromatic hydroxyl groups is 1. The summed E-state index contributed by atoms with van der Waals surface area (Å²) in [6.07, 6.45) is 0. The summed E-state index contributed by atoms with van der Waals surface area (Å²) in [5.74, 6) is 1.21. The molecular weight excluding hydrogens is 220 g/mol. The van der Waals surface area contributed by atoms with Crippen LogP contribution in [0.25, 0.3) is 11.5 Å². The van der Waals surface area contributed by atoms with Crippen molar-refractivity contribution in [2.24, 2.45) is 0 Å². The normalized spacial score (nSPS) is 10.7. The molecule has 0 saturated carbocycles. The Morgan fingerprint density at radius 1 is 1.41 bits per heavy atom. The number of aryl methyl sites for hydroxylation is 1. The van der Waals surface area contributed by atoms with Gasteiger partial charge in [-0.2, -0.15) is 4.98 Å². The van der Waals surface area contributed by atoms with E-state index in [1.54, 1.807) is 18.2 Å². The summed E-state index contributed by atoms with van der Waals surface area (Å²) >= 11 is 0. The van der Waals surface area contributed by atoms with Crippen LogP contribution in [-0.2, 0) is 11.3 Å². The third-order valence-corrected chi connectivity index (χ3v) is 2.35. The number of ether oxygens (including phenoxy) is 1. The van der Waals surface area contributed by atoms with Crippen LogP contribution in [0.5, 0.6) is 5.75 Å². The van der Waals surface area contributed by atoms with Gasteiger partial charge in [-0.05, 0) is 37.6 Å². The maximum Gasteiger partial charge on any atom is 0.258 e. The molecule has 90 valence electrons. The van der Waals surface area contributed by atoms with Crippen LogP contribution in [0.4, 0.5) is 0 Å². The molecule has 2 rings (SSSR count). The average Bonchev–Trinajstić information content (AvgIpc) is 2.79. The molecule has 0 spiro atoms. The van der Waals surface area contributed by atoms with Gasteiger partial charge in [-0.15, -0.1) is 0 Å². The lowest BCUT2D eigenvalue weighted by Gasteiger charge is -1.99. The molecule has 0 radical (unpaired) electrons. The number of rotatable bonds is 4. The Bertz CT molecular complexity index is 508. The van der Waals surface area contributed by atoms with Crippen LogP contribution in [0.15, 0.2) is 22.7 Å². The molecule has 17 heavy (non-hydrogen) atoms. The third kappa shape index (κ3) is 2.62. The zero-order valence-electron chi connectivity index (χ0n) is 9.80. The molecule has 1 heterocycles. The Morgan fingerprint density at radius 3 is 2.94 bits per heavy atom. The van der Waals surface area contributed by atoms with Gasteiger partial charge in [-0.1, -0.05) is 5.16 Å². The van der Waals surface area contributed by atoms with E-state index in [9.17, 15) is 5.11 Å². The largest absolute Gasteiger partial charge is 0.508 e. The molecule has 1 aromatic carbocycles. The Morgan fingerprint density at radius 2 is 2.24 bits per heavy atom. The van der Waals surface area contributed by atoms with Gasteiger partial charge in [0.05, 0.1) is 0 Å². The van der Waals surface area contributed by atoms with E-state index >= 15 is 0 Å². The average molecular weight is 234 g/mol. The van der Waals surface area contributed by atoms with E-state index in [2.05, 4.69) is 10.1 Å². The maximum atomic E-state index is 9.43. The lowest BCUT2D eigenvalue weighted by atomic mass is 10.1. The molecule has 0 amide bonds. The molecule has 5 heteroatoms. The van der Waals surface area contributed by atoms with Gasteiger partial charge in [-0.25, -0.2) is 0 Å². The van der Waals surface area contributed by atoms with Crippen molar-refractivity contribution in [1.82, 2.24) is 10.1 Å². The van der Waals surface area contributed by atoms with Gasteiger partial charge in [0.2, 0.25) is 0 Å². The SMILES string of the molecule is CCOCc1noc(-c2ccc(O)c(C)c2)n1. The van der Waals surface area contributed by atoms with Gasteiger partial charge in [0.25, 0.3) is 5.89 Å². The van der Waals surface area contributed by atoms with Crippen LogP contribution in [-0.4, -0.2) is 21.9 Å². The second-order valence-electron chi connectivity index (χ2n) is 3.65. The van der Waals surface area contributed by atoms with Crippen LogP contribution in [0.3, 0.4) is 0 Å². The van der Waals surface area contributed by atoms with Crippen LogP contribution in [0, 0.1) is 6.92 Å². The minimum Gasteiger partial charge on any atom is -0.508 e. The lowest BCUT2D eigenvalue weighted by molar-refractivity contribution is 0.126. The number of hydrogen-bond donors (Lipinski definition) is 1. The Kier molecular flexibility index (Phi) is 3.39. The fraction of sp³-hybridized carbons (Fsp3) is 0.333. The number of phenolic OH excluding ortho intramolecular Hbond substituents is 1. The van der Waals surface area contributed by atoms with Crippen LogP contribution < -0.4 is 0 Å². The summed E-state index contributed by atoms with van der Waals surface area (Å²) in [5, 5.41) is 13.2. The van der Waals surface area contributed by atoms with Crippen LogP contribution in [0.1, 0.15) is 18.3 Å². The molecule has 0 fully saturated rings. The molecule has 0 bridgehead atoms. The summed E-state index contributed by atoms with van der Waals surface area (Å²) in [5.41, 5.74) is 1.56. The molecule has 0 saturated heterocycles. The van der Waals surface area contributed by atoms with Gasteiger partial charge in [0, 0.05) is 12.2 Å². The van der Waals surface area contributed by atoms with Crippen molar-refractivity contribution in [2.75, 3.05) is 6.61 Å². The highest BCUT2D eigenvalue weighted by Crippen LogP contribution is 2.24. The number of hydrogen-bond acceptors (Lipinski definition) is 5.